The number of rotatable bonds is 4. The number of halogens is 2. The number of guanidine groups is 1. The van der Waals surface area contributed by atoms with Crippen LogP contribution in [-0.4, -0.2) is 55.3 Å². The Kier molecular flexibility index (Phi) is 8.75. The van der Waals surface area contributed by atoms with Gasteiger partial charge in [-0.3, -0.25) is 4.99 Å². The van der Waals surface area contributed by atoms with Crippen molar-refractivity contribution >= 4 is 41.7 Å². The van der Waals surface area contributed by atoms with E-state index in [1.807, 2.05) is 18.8 Å². The Hall–Kier alpha value is -0.740. The van der Waals surface area contributed by atoms with Crippen molar-refractivity contribution in [1.29, 1.82) is 0 Å². The van der Waals surface area contributed by atoms with Gasteiger partial charge in [0.1, 0.15) is 11.6 Å². The van der Waals surface area contributed by atoms with E-state index in [2.05, 4.69) is 22.1 Å². The van der Waals surface area contributed by atoms with Crippen LogP contribution in [0.15, 0.2) is 17.1 Å². The number of ether oxygens (including phenoxy) is 2. The monoisotopic (exact) mass is 495 g/mol. The summed E-state index contributed by atoms with van der Waals surface area (Å²) in [5.74, 6) is 2.58. The lowest BCUT2D eigenvalue weighted by atomic mass is 10.1. The van der Waals surface area contributed by atoms with Gasteiger partial charge in [-0.2, -0.15) is 11.8 Å². The normalized spacial score (nSPS) is 20.0. The highest BCUT2D eigenvalue weighted by Crippen LogP contribution is 2.29. The third kappa shape index (κ3) is 5.39. The molecule has 146 valence electrons. The van der Waals surface area contributed by atoms with Crippen LogP contribution in [0.4, 0.5) is 4.39 Å². The average molecular weight is 495 g/mol. The van der Waals surface area contributed by atoms with Crippen molar-refractivity contribution in [3.63, 3.8) is 0 Å². The maximum atomic E-state index is 13.8. The fraction of sp³-hybridized carbons (Fsp3) is 0.611. The lowest BCUT2D eigenvalue weighted by Gasteiger charge is -2.34. The minimum atomic E-state index is -0.244. The molecular weight excluding hydrogens is 468 g/mol. The highest BCUT2D eigenvalue weighted by molar-refractivity contribution is 14.0. The Morgan fingerprint density at radius 2 is 2.31 bits per heavy atom. The first-order valence-electron chi connectivity index (χ1n) is 8.80. The lowest BCUT2D eigenvalue weighted by Crippen LogP contribution is -2.48. The van der Waals surface area contributed by atoms with Crippen LogP contribution in [0.2, 0.25) is 0 Å². The quantitative estimate of drug-likeness (QED) is 0.395. The van der Waals surface area contributed by atoms with Gasteiger partial charge in [-0.05, 0) is 30.5 Å². The van der Waals surface area contributed by atoms with Crippen molar-refractivity contribution in [2.24, 2.45) is 4.99 Å². The fourth-order valence-electron chi connectivity index (χ4n) is 3.24. The van der Waals surface area contributed by atoms with E-state index >= 15 is 0 Å². The molecule has 5 nitrogen and oxygen atoms in total. The van der Waals surface area contributed by atoms with Crippen LogP contribution in [0, 0.1) is 5.82 Å². The fourth-order valence-corrected chi connectivity index (χ4v) is 4.42. The molecule has 0 spiro atoms. The lowest BCUT2D eigenvalue weighted by molar-refractivity contribution is -0.0172. The van der Waals surface area contributed by atoms with Gasteiger partial charge >= 0.3 is 0 Å². The second-order valence-electron chi connectivity index (χ2n) is 6.23. The van der Waals surface area contributed by atoms with Crippen LogP contribution in [0.3, 0.4) is 0 Å². The van der Waals surface area contributed by atoms with Gasteiger partial charge in [0.05, 0.1) is 6.61 Å². The predicted molar refractivity (Wildman–Crippen MR) is 115 cm³/mol. The molecule has 8 heteroatoms. The van der Waals surface area contributed by atoms with Crippen molar-refractivity contribution in [2.45, 2.75) is 31.6 Å². The summed E-state index contributed by atoms with van der Waals surface area (Å²) in [6, 6.07) is 3.04. The van der Waals surface area contributed by atoms with E-state index in [4.69, 9.17) is 9.47 Å². The number of fused-ring (bicyclic) bond motifs is 1. The van der Waals surface area contributed by atoms with E-state index < -0.39 is 0 Å². The molecular formula is C18H27FIN3O2S. The molecule has 0 radical (unpaired) electrons. The van der Waals surface area contributed by atoms with E-state index in [0.29, 0.717) is 24.8 Å². The Bertz CT molecular complexity index is 633. The molecule has 1 fully saturated rings. The summed E-state index contributed by atoms with van der Waals surface area (Å²) in [5.41, 5.74) is 1.66. The van der Waals surface area contributed by atoms with E-state index in [9.17, 15) is 4.39 Å². The molecule has 0 saturated carbocycles. The maximum absolute atomic E-state index is 13.8. The van der Waals surface area contributed by atoms with Crippen LogP contribution < -0.4 is 10.1 Å². The standard InChI is InChI=1S/C18H26FN3O2S.HI/c1-3-16-10-22(6-7-25-16)18(20-2)21-5-4-13-8-15(19)9-14-11-23-12-24-17(13)14;/h8-9,16H,3-7,10-12H2,1-2H3,(H,20,21);1H. The Morgan fingerprint density at radius 3 is 3.08 bits per heavy atom. The SMILES string of the molecule is CCC1CN(C(=NC)NCCc2cc(F)cc3c2OCOC3)CCS1.I. The molecule has 1 atom stereocenters. The number of aliphatic imine (C=N–C) groups is 1. The van der Waals surface area contributed by atoms with Crippen LogP contribution in [-0.2, 0) is 17.8 Å². The molecule has 2 heterocycles. The van der Waals surface area contributed by atoms with Crippen LogP contribution in [0.1, 0.15) is 24.5 Å². The van der Waals surface area contributed by atoms with E-state index in [1.54, 1.807) is 6.07 Å². The number of nitrogens with zero attached hydrogens (tertiary/aromatic N) is 2. The molecule has 2 aliphatic rings. The topological polar surface area (TPSA) is 46.1 Å². The largest absolute Gasteiger partial charge is 0.467 e. The minimum Gasteiger partial charge on any atom is -0.467 e. The Labute approximate surface area is 176 Å². The number of thioether (sulfide) groups is 1. The highest BCUT2D eigenvalue weighted by atomic mass is 127. The first-order chi connectivity index (χ1) is 12.2. The van der Waals surface area contributed by atoms with Crippen molar-refractivity contribution in [1.82, 2.24) is 10.2 Å². The van der Waals surface area contributed by atoms with Gasteiger partial charge < -0.3 is 19.7 Å². The second-order valence-corrected chi connectivity index (χ2v) is 7.64. The number of hydrogen-bond donors (Lipinski definition) is 1. The molecule has 2 aliphatic heterocycles. The molecule has 1 aromatic rings. The maximum Gasteiger partial charge on any atom is 0.193 e. The number of hydrogen-bond acceptors (Lipinski definition) is 4. The molecule has 1 saturated heterocycles. The minimum absolute atomic E-state index is 0. The van der Waals surface area contributed by atoms with Crippen molar-refractivity contribution in [3.8, 4) is 5.75 Å². The number of benzene rings is 1. The summed E-state index contributed by atoms with van der Waals surface area (Å²) in [6.45, 7) is 5.58. The zero-order chi connectivity index (χ0) is 17.6. The first kappa shape index (κ1) is 21.6. The predicted octanol–water partition coefficient (Wildman–Crippen LogP) is 3.26. The molecule has 0 amide bonds. The van der Waals surface area contributed by atoms with Gasteiger partial charge in [0, 0.05) is 43.2 Å². The summed E-state index contributed by atoms with van der Waals surface area (Å²) in [6.07, 6.45) is 1.85. The zero-order valence-corrected chi connectivity index (χ0v) is 18.4. The number of nitrogens with one attached hydrogen (secondary N) is 1. The van der Waals surface area contributed by atoms with Crippen LogP contribution in [0.5, 0.6) is 5.75 Å². The summed E-state index contributed by atoms with van der Waals surface area (Å²) in [7, 11) is 1.82. The Morgan fingerprint density at radius 1 is 1.46 bits per heavy atom. The average Bonchev–Trinajstić information content (AvgIpc) is 2.65. The zero-order valence-electron chi connectivity index (χ0n) is 15.3. The van der Waals surface area contributed by atoms with Crippen LogP contribution >= 0.6 is 35.7 Å². The first-order valence-corrected chi connectivity index (χ1v) is 9.85. The molecule has 3 rings (SSSR count). The third-order valence-corrected chi connectivity index (χ3v) is 5.91. The van der Waals surface area contributed by atoms with Crippen molar-refractivity contribution in [2.75, 3.05) is 39.2 Å². The van der Waals surface area contributed by atoms with E-state index in [0.717, 1.165) is 41.7 Å². The van der Waals surface area contributed by atoms with Crippen molar-refractivity contribution in [3.05, 3.63) is 29.1 Å². The molecule has 0 aromatic heterocycles. The molecule has 26 heavy (non-hydrogen) atoms. The van der Waals surface area contributed by atoms with Gasteiger partial charge in [-0.25, -0.2) is 4.39 Å². The smallest absolute Gasteiger partial charge is 0.193 e. The molecule has 0 bridgehead atoms. The summed E-state index contributed by atoms with van der Waals surface area (Å²) >= 11 is 2.04. The van der Waals surface area contributed by atoms with Gasteiger partial charge in [0.15, 0.2) is 12.8 Å². The molecule has 1 aromatic carbocycles. The highest BCUT2D eigenvalue weighted by Gasteiger charge is 2.22. The van der Waals surface area contributed by atoms with Gasteiger partial charge in [-0.1, -0.05) is 6.92 Å². The Balaban J connectivity index is 0.00000243. The summed E-state index contributed by atoms with van der Waals surface area (Å²) in [5, 5.41) is 4.08. The van der Waals surface area contributed by atoms with Gasteiger partial charge in [0.2, 0.25) is 0 Å². The van der Waals surface area contributed by atoms with Gasteiger partial charge in [-0.15, -0.1) is 24.0 Å². The van der Waals surface area contributed by atoms with Gasteiger partial charge in [0.25, 0.3) is 0 Å². The molecule has 0 aliphatic carbocycles. The third-order valence-electron chi connectivity index (χ3n) is 4.53. The van der Waals surface area contributed by atoms with E-state index in [-0.39, 0.29) is 36.6 Å². The second kappa shape index (κ2) is 10.6. The van der Waals surface area contributed by atoms with Crippen LogP contribution in [0.25, 0.3) is 0 Å². The van der Waals surface area contributed by atoms with E-state index in [1.165, 1.54) is 12.5 Å². The summed E-state index contributed by atoms with van der Waals surface area (Å²) in [4.78, 5) is 6.73. The molecule has 1 N–H and O–H groups in total. The summed E-state index contributed by atoms with van der Waals surface area (Å²) < 4.78 is 24.6. The molecule has 1 unspecified atom stereocenters. The van der Waals surface area contributed by atoms with Crippen molar-refractivity contribution < 1.29 is 13.9 Å².